The Balaban J connectivity index is 1.59. The summed E-state index contributed by atoms with van der Waals surface area (Å²) < 4.78 is 0. The molecule has 0 amide bonds. The van der Waals surface area contributed by atoms with E-state index in [9.17, 15) is 0 Å². The lowest BCUT2D eigenvalue weighted by atomic mass is 9.58. The molecule has 0 aromatic heterocycles. The van der Waals surface area contributed by atoms with Gasteiger partial charge in [-0.15, -0.1) is 0 Å². The lowest BCUT2D eigenvalue weighted by Crippen LogP contribution is -2.48. The van der Waals surface area contributed by atoms with Crippen LogP contribution in [0.1, 0.15) is 51.0 Å². The SMILES string of the molecule is CC(NCc1ccccc1)C12CCC(CC1)CC2. The van der Waals surface area contributed by atoms with Crippen molar-refractivity contribution in [3.05, 3.63) is 35.9 Å². The van der Waals surface area contributed by atoms with E-state index in [1.165, 1.54) is 44.1 Å². The predicted octanol–water partition coefficient (Wildman–Crippen LogP) is 4.14. The highest BCUT2D eigenvalue weighted by Gasteiger charge is 2.43. The fourth-order valence-corrected chi connectivity index (χ4v) is 4.02. The number of fused-ring (bicyclic) bond motifs is 3. The number of benzene rings is 1. The first-order chi connectivity index (χ1) is 8.78. The van der Waals surface area contributed by atoms with Gasteiger partial charge in [-0.25, -0.2) is 0 Å². The zero-order valence-electron chi connectivity index (χ0n) is 11.5. The van der Waals surface area contributed by atoms with Crippen LogP contribution in [0, 0.1) is 11.3 Å². The van der Waals surface area contributed by atoms with Crippen molar-refractivity contribution in [1.82, 2.24) is 5.32 Å². The van der Waals surface area contributed by atoms with Crippen molar-refractivity contribution in [2.75, 3.05) is 0 Å². The molecule has 1 unspecified atom stereocenters. The van der Waals surface area contributed by atoms with Gasteiger partial charge in [-0.3, -0.25) is 0 Å². The average molecular weight is 243 g/mol. The van der Waals surface area contributed by atoms with E-state index in [1.807, 2.05) is 0 Å². The molecular formula is C17H25N. The Labute approximate surface area is 111 Å². The summed E-state index contributed by atoms with van der Waals surface area (Å²) in [5, 5.41) is 3.78. The lowest BCUT2D eigenvalue weighted by molar-refractivity contribution is 0.0323. The van der Waals surface area contributed by atoms with Gasteiger partial charge in [-0.1, -0.05) is 30.3 Å². The van der Waals surface area contributed by atoms with Gasteiger partial charge in [0.1, 0.15) is 0 Å². The van der Waals surface area contributed by atoms with E-state index in [0.717, 1.165) is 12.5 Å². The molecule has 1 atom stereocenters. The molecule has 0 radical (unpaired) electrons. The minimum atomic E-state index is 0.615. The first kappa shape index (κ1) is 12.2. The summed E-state index contributed by atoms with van der Waals surface area (Å²) in [6.45, 7) is 3.43. The lowest BCUT2D eigenvalue weighted by Gasteiger charge is -2.50. The van der Waals surface area contributed by atoms with Gasteiger partial charge in [0.25, 0.3) is 0 Å². The largest absolute Gasteiger partial charge is 0.310 e. The molecule has 1 N–H and O–H groups in total. The van der Waals surface area contributed by atoms with Gasteiger partial charge in [0.2, 0.25) is 0 Å². The molecule has 0 spiro atoms. The Hall–Kier alpha value is -0.820. The second-order valence-corrected chi connectivity index (χ2v) is 6.43. The first-order valence-electron chi connectivity index (χ1n) is 7.56. The van der Waals surface area contributed by atoms with Gasteiger partial charge >= 0.3 is 0 Å². The van der Waals surface area contributed by atoms with Crippen molar-refractivity contribution in [3.8, 4) is 0 Å². The highest BCUT2D eigenvalue weighted by molar-refractivity contribution is 5.14. The third kappa shape index (κ3) is 2.33. The highest BCUT2D eigenvalue weighted by atomic mass is 14.9. The van der Waals surface area contributed by atoms with Gasteiger partial charge in [0, 0.05) is 12.6 Å². The van der Waals surface area contributed by atoms with Gasteiger partial charge in [0.15, 0.2) is 0 Å². The molecule has 1 aromatic rings. The molecule has 4 rings (SSSR count). The van der Waals surface area contributed by atoms with Crippen LogP contribution in [0.5, 0.6) is 0 Å². The maximum absolute atomic E-state index is 3.78. The van der Waals surface area contributed by atoms with E-state index in [1.54, 1.807) is 0 Å². The topological polar surface area (TPSA) is 12.0 Å². The second kappa shape index (κ2) is 5.05. The van der Waals surface area contributed by atoms with Crippen molar-refractivity contribution in [1.29, 1.82) is 0 Å². The number of hydrogen-bond donors (Lipinski definition) is 1. The molecule has 0 aliphatic heterocycles. The standard InChI is InChI=1S/C17H25N/c1-14(18-13-16-5-3-2-4-6-16)17-10-7-15(8-11-17)9-12-17/h2-6,14-15,18H,7-13H2,1H3. The van der Waals surface area contributed by atoms with Crippen LogP contribution in [0.25, 0.3) is 0 Å². The molecule has 2 bridgehead atoms. The molecule has 1 nitrogen and oxygen atoms in total. The van der Waals surface area contributed by atoms with Crippen molar-refractivity contribution >= 4 is 0 Å². The minimum absolute atomic E-state index is 0.615. The van der Waals surface area contributed by atoms with E-state index < -0.39 is 0 Å². The molecule has 0 heterocycles. The van der Waals surface area contributed by atoms with Gasteiger partial charge in [-0.05, 0) is 62.3 Å². The van der Waals surface area contributed by atoms with Crippen LogP contribution < -0.4 is 5.32 Å². The maximum atomic E-state index is 3.78. The third-order valence-electron chi connectivity index (χ3n) is 5.53. The normalized spacial score (nSPS) is 32.4. The number of rotatable bonds is 4. The minimum Gasteiger partial charge on any atom is -0.310 e. The Bertz CT molecular complexity index is 362. The third-order valence-corrected chi connectivity index (χ3v) is 5.53. The summed E-state index contributed by atoms with van der Waals surface area (Å²) in [6, 6.07) is 11.5. The number of hydrogen-bond acceptors (Lipinski definition) is 1. The molecular weight excluding hydrogens is 218 g/mol. The smallest absolute Gasteiger partial charge is 0.0208 e. The summed E-state index contributed by atoms with van der Waals surface area (Å²) >= 11 is 0. The Morgan fingerprint density at radius 2 is 1.72 bits per heavy atom. The van der Waals surface area contributed by atoms with Crippen LogP contribution in [0.4, 0.5) is 0 Å². The fraction of sp³-hybridized carbons (Fsp3) is 0.647. The van der Waals surface area contributed by atoms with Crippen LogP contribution in [-0.4, -0.2) is 6.04 Å². The van der Waals surface area contributed by atoms with E-state index in [0.29, 0.717) is 11.5 Å². The second-order valence-electron chi connectivity index (χ2n) is 6.43. The monoisotopic (exact) mass is 243 g/mol. The Morgan fingerprint density at radius 3 is 2.33 bits per heavy atom. The Morgan fingerprint density at radius 1 is 1.11 bits per heavy atom. The summed E-state index contributed by atoms with van der Waals surface area (Å²) in [7, 11) is 0. The average Bonchev–Trinajstić information content (AvgIpc) is 2.48. The molecule has 3 saturated carbocycles. The van der Waals surface area contributed by atoms with Crippen molar-refractivity contribution < 1.29 is 0 Å². The van der Waals surface area contributed by atoms with Crippen LogP contribution >= 0.6 is 0 Å². The summed E-state index contributed by atoms with van der Waals surface area (Å²) in [5.74, 6) is 1.06. The molecule has 3 fully saturated rings. The fourth-order valence-electron chi connectivity index (χ4n) is 4.02. The summed E-state index contributed by atoms with van der Waals surface area (Å²) in [4.78, 5) is 0. The molecule has 18 heavy (non-hydrogen) atoms. The van der Waals surface area contributed by atoms with E-state index in [2.05, 4.69) is 42.6 Å². The first-order valence-corrected chi connectivity index (χ1v) is 7.56. The van der Waals surface area contributed by atoms with Crippen LogP contribution in [0.3, 0.4) is 0 Å². The summed E-state index contributed by atoms with van der Waals surface area (Å²) in [6.07, 6.45) is 8.83. The quantitative estimate of drug-likeness (QED) is 0.838. The predicted molar refractivity (Wildman–Crippen MR) is 76.4 cm³/mol. The number of nitrogens with one attached hydrogen (secondary N) is 1. The Kier molecular flexibility index (Phi) is 3.43. The molecule has 1 aromatic carbocycles. The van der Waals surface area contributed by atoms with Gasteiger partial charge < -0.3 is 5.32 Å². The van der Waals surface area contributed by atoms with E-state index in [4.69, 9.17) is 0 Å². The molecule has 3 aliphatic carbocycles. The van der Waals surface area contributed by atoms with Crippen molar-refractivity contribution in [2.45, 2.75) is 58.0 Å². The molecule has 1 heteroatoms. The highest BCUT2D eigenvalue weighted by Crippen LogP contribution is 2.52. The molecule has 0 saturated heterocycles. The van der Waals surface area contributed by atoms with Crippen LogP contribution in [-0.2, 0) is 6.54 Å². The zero-order chi connectivity index (χ0) is 12.4. The van der Waals surface area contributed by atoms with Gasteiger partial charge in [0.05, 0.1) is 0 Å². The molecule has 98 valence electrons. The molecule has 3 aliphatic rings. The van der Waals surface area contributed by atoms with Gasteiger partial charge in [-0.2, -0.15) is 0 Å². The van der Waals surface area contributed by atoms with Crippen LogP contribution in [0.2, 0.25) is 0 Å². The van der Waals surface area contributed by atoms with Crippen LogP contribution in [0.15, 0.2) is 30.3 Å². The van der Waals surface area contributed by atoms with Crippen molar-refractivity contribution in [3.63, 3.8) is 0 Å². The zero-order valence-corrected chi connectivity index (χ0v) is 11.5. The summed E-state index contributed by atoms with van der Waals surface area (Å²) in [5.41, 5.74) is 2.02. The maximum Gasteiger partial charge on any atom is 0.0208 e. The van der Waals surface area contributed by atoms with E-state index in [-0.39, 0.29) is 0 Å². The van der Waals surface area contributed by atoms with E-state index >= 15 is 0 Å². The van der Waals surface area contributed by atoms with Crippen molar-refractivity contribution in [2.24, 2.45) is 11.3 Å².